The van der Waals surface area contributed by atoms with Crippen LogP contribution in [0.5, 0.6) is 0 Å². The van der Waals surface area contributed by atoms with E-state index in [2.05, 4.69) is 9.71 Å². The molecule has 0 radical (unpaired) electrons. The maximum absolute atomic E-state index is 12.5. The maximum Gasteiger partial charge on any atom is 0.236 e. The predicted octanol–water partition coefficient (Wildman–Crippen LogP) is 4.00. The third-order valence-corrected chi connectivity index (χ3v) is 5.78. The predicted molar refractivity (Wildman–Crippen MR) is 101 cm³/mol. The molecule has 1 N–H and O–H groups in total. The Kier molecular flexibility index (Phi) is 4.03. The summed E-state index contributed by atoms with van der Waals surface area (Å²) in [5.74, 6) is -0.0690. The van der Waals surface area contributed by atoms with Gasteiger partial charge in [0.05, 0.1) is 17.1 Å². The second-order valence-electron chi connectivity index (χ2n) is 5.61. The molecule has 0 bridgehead atoms. The minimum Gasteiger partial charge on any atom is -0.297 e. The topological polar surface area (TPSA) is 63.5 Å². The first kappa shape index (κ1) is 15.9. The smallest absolute Gasteiger partial charge is 0.236 e. The standard InChI is InChI=1S/C18H15N3O2S2/c22-25(23,13-14-6-2-1-3-7-14)20-16-9-5-4-8-15(16)17-12-21-10-11-24-18(21)19-17/h1-12,20H,13H2. The number of hydrogen-bond acceptors (Lipinski definition) is 4. The normalized spacial score (nSPS) is 11.7. The minimum absolute atomic E-state index is 0.0690. The van der Waals surface area contributed by atoms with Gasteiger partial charge in [0.1, 0.15) is 0 Å². The van der Waals surface area contributed by atoms with Crippen molar-refractivity contribution in [3.8, 4) is 11.3 Å². The fourth-order valence-electron chi connectivity index (χ4n) is 2.65. The van der Waals surface area contributed by atoms with Gasteiger partial charge in [0, 0.05) is 23.3 Å². The number of nitrogens with zero attached hydrogens (tertiary/aromatic N) is 2. The monoisotopic (exact) mass is 369 g/mol. The largest absolute Gasteiger partial charge is 0.297 e. The van der Waals surface area contributed by atoms with Crippen LogP contribution >= 0.6 is 11.3 Å². The fourth-order valence-corrected chi connectivity index (χ4v) is 4.57. The molecule has 0 aliphatic heterocycles. The minimum atomic E-state index is -3.52. The summed E-state index contributed by atoms with van der Waals surface area (Å²) < 4.78 is 29.7. The van der Waals surface area contributed by atoms with Crippen LogP contribution in [-0.2, 0) is 15.8 Å². The van der Waals surface area contributed by atoms with E-state index in [0.717, 1.165) is 21.8 Å². The summed E-state index contributed by atoms with van der Waals surface area (Å²) in [5.41, 5.74) is 2.78. The van der Waals surface area contributed by atoms with Crippen LogP contribution < -0.4 is 4.72 Å². The van der Waals surface area contributed by atoms with Crippen LogP contribution in [0.4, 0.5) is 5.69 Å². The average molecular weight is 369 g/mol. The number of nitrogens with one attached hydrogen (secondary N) is 1. The van der Waals surface area contributed by atoms with Gasteiger partial charge >= 0.3 is 0 Å². The number of aromatic nitrogens is 2. The number of hydrogen-bond donors (Lipinski definition) is 1. The molecule has 0 spiro atoms. The second kappa shape index (κ2) is 6.34. The lowest BCUT2D eigenvalue weighted by atomic mass is 10.1. The summed E-state index contributed by atoms with van der Waals surface area (Å²) in [4.78, 5) is 5.44. The summed E-state index contributed by atoms with van der Waals surface area (Å²) in [6, 6.07) is 16.4. The van der Waals surface area contributed by atoms with Gasteiger partial charge in [-0.05, 0) is 11.6 Å². The molecule has 0 saturated carbocycles. The van der Waals surface area contributed by atoms with Gasteiger partial charge in [-0.25, -0.2) is 13.4 Å². The number of imidazole rings is 1. The number of para-hydroxylation sites is 1. The van der Waals surface area contributed by atoms with E-state index >= 15 is 0 Å². The summed E-state index contributed by atoms with van der Waals surface area (Å²) in [5, 5.41) is 1.96. The van der Waals surface area contributed by atoms with E-state index in [4.69, 9.17) is 0 Å². The zero-order chi connectivity index (χ0) is 17.3. The molecule has 0 unspecified atom stereocenters. The van der Waals surface area contributed by atoms with Crippen molar-refractivity contribution in [2.45, 2.75) is 5.75 Å². The van der Waals surface area contributed by atoms with Gasteiger partial charge in [-0.2, -0.15) is 0 Å². The van der Waals surface area contributed by atoms with Crippen LogP contribution in [-0.4, -0.2) is 17.8 Å². The Morgan fingerprint density at radius 1 is 1.04 bits per heavy atom. The number of fused-ring (bicyclic) bond motifs is 1. The molecule has 0 amide bonds. The van der Waals surface area contributed by atoms with Crippen LogP contribution in [0.2, 0.25) is 0 Å². The molecule has 25 heavy (non-hydrogen) atoms. The first-order valence-electron chi connectivity index (χ1n) is 7.67. The Morgan fingerprint density at radius 3 is 2.60 bits per heavy atom. The van der Waals surface area contributed by atoms with Gasteiger partial charge in [0.15, 0.2) is 4.96 Å². The Bertz CT molecular complexity index is 1090. The Balaban J connectivity index is 1.66. The lowest BCUT2D eigenvalue weighted by molar-refractivity contribution is 0.600. The van der Waals surface area contributed by atoms with Crippen molar-refractivity contribution in [3.05, 3.63) is 77.9 Å². The van der Waals surface area contributed by atoms with Crippen LogP contribution in [0.15, 0.2) is 72.4 Å². The molecule has 0 aliphatic carbocycles. The zero-order valence-corrected chi connectivity index (χ0v) is 14.8. The Hall–Kier alpha value is -2.64. The van der Waals surface area contributed by atoms with Crippen LogP contribution in [0.3, 0.4) is 0 Å². The lowest BCUT2D eigenvalue weighted by Gasteiger charge is -2.11. The van der Waals surface area contributed by atoms with Crippen molar-refractivity contribution in [1.82, 2.24) is 9.38 Å². The molecule has 0 atom stereocenters. The van der Waals surface area contributed by atoms with E-state index in [0.29, 0.717) is 5.69 Å². The van der Waals surface area contributed by atoms with Gasteiger partial charge in [0.25, 0.3) is 0 Å². The number of rotatable bonds is 5. The summed E-state index contributed by atoms with van der Waals surface area (Å²) in [6.07, 6.45) is 3.83. The van der Waals surface area contributed by atoms with Crippen LogP contribution in [0, 0.1) is 0 Å². The highest BCUT2D eigenvalue weighted by atomic mass is 32.2. The molecule has 0 fully saturated rings. The zero-order valence-electron chi connectivity index (χ0n) is 13.2. The SMILES string of the molecule is O=S(=O)(Cc1ccccc1)Nc1ccccc1-c1cn2ccsc2n1. The fraction of sp³-hybridized carbons (Fsp3) is 0.0556. The third-order valence-electron chi connectivity index (χ3n) is 3.76. The molecule has 7 heteroatoms. The second-order valence-corrected chi connectivity index (χ2v) is 8.21. The van der Waals surface area contributed by atoms with E-state index in [-0.39, 0.29) is 5.75 Å². The average Bonchev–Trinajstić information content (AvgIpc) is 3.17. The van der Waals surface area contributed by atoms with Gasteiger partial charge in [-0.15, -0.1) is 11.3 Å². The number of anilines is 1. The van der Waals surface area contributed by atoms with Gasteiger partial charge in [-0.3, -0.25) is 9.12 Å². The highest BCUT2D eigenvalue weighted by Crippen LogP contribution is 2.29. The van der Waals surface area contributed by atoms with Crippen LogP contribution in [0.25, 0.3) is 16.2 Å². The third kappa shape index (κ3) is 3.42. The molecule has 0 saturated heterocycles. The highest BCUT2D eigenvalue weighted by molar-refractivity contribution is 7.91. The van der Waals surface area contributed by atoms with Crippen molar-refractivity contribution in [2.24, 2.45) is 0 Å². The molecule has 0 aliphatic rings. The van der Waals surface area contributed by atoms with Gasteiger partial charge in [0.2, 0.25) is 10.0 Å². The molecule has 2 heterocycles. The van der Waals surface area contributed by atoms with Crippen molar-refractivity contribution in [1.29, 1.82) is 0 Å². The van der Waals surface area contributed by atoms with E-state index in [1.165, 1.54) is 11.3 Å². The first-order valence-corrected chi connectivity index (χ1v) is 10.2. The molecule has 4 rings (SSSR count). The molecule has 126 valence electrons. The van der Waals surface area contributed by atoms with E-state index in [1.54, 1.807) is 18.2 Å². The molecule has 2 aromatic carbocycles. The lowest BCUT2D eigenvalue weighted by Crippen LogP contribution is -2.15. The van der Waals surface area contributed by atoms with E-state index < -0.39 is 10.0 Å². The summed E-state index contributed by atoms with van der Waals surface area (Å²) >= 11 is 1.54. The van der Waals surface area contributed by atoms with Crippen molar-refractivity contribution in [2.75, 3.05) is 4.72 Å². The van der Waals surface area contributed by atoms with E-state index in [9.17, 15) is 8.42 Å². The number of thiazole rings is 1. The quantitative estimate of drug-likeness (QED) is 0.578. The summed E-state index contributed by atoms with van der Waals surface area (Å²) in [7, 11) is -3.52. The number of sulfonamides is 1. The Morgan fingerprint density at radius 2 is 1.80 bits per heavy atom. The van der Waals surface area contributed by atoms with Crippen molar-refractivity contribution < 1.29 is 8.42 Å². The molecular weight excluding hydrogens is 354 g/mol. The molecule has 5 nitrogen and oxygen atoms in total. The van der Waals surface area contributed by atoms with Crippen molar-refractivity contribution in [3.63, 3.8) is 0 Å². The van der Waals surface area contributed by atoms with Gasteiger partial charge in [-0.1, -0.05) is 48.5 Å². The number of benzene rings is 2. The molecule has 2 aromatic heterocycles. The first-order chi connectivity index (χ1) is 12.1. The van der Waals surface area contributed by atoms with Gasteiger partial charge < -0.3 is 0 Å². The molecular formula is C18H15N3O2S2. The Labute approximate surface area is 149 Å². The maximum atomic E-state index is 12.5. The summed E-state index contributed by atoms with van der Waals surface area (Å²) in [6.45, 7) is 0. The van der Waals surface area contributed by atoms with Crippen molar-refractivity contribution >= 4 is 32.0 Å². The van der Waals surface area contributed by atoms with E-state index in [1.807, 2.05) is 58.6 Å². The highest BCUT2D eigenvalue weighted by Gasteiger charge is 2.16. The molecule has 4 aromatic rings. The van der Waals surface area contributed by atoms with Crippen LogP contribution in [0.1, 0.15) is 5.56 Å².